The number of rotatable bonds is 7. The minimum atomic E-state index is -1.65. The number of benzene rings is 2. The van der Waals surface area contributed by atoms with Crippen LogP contribution in [0.15, 0.2) is 54.6 Å². The van der Waals surface area contributed by atoms with E-state index in [-0.39, 0.29) is 19.8 Å². The first-order valence-corrected chi connectivity index (χ1v) is 8.08. The summed E-state index contributed by atoms with van der Waals surface area (Å²) in [5, 5.41) is 29.3. The van der Waals surface area contributed by atoms with Crippen molar-refractivity contribution in [3.63, 3.8) is 0 Å². The van der Waals surface area contributed by atoms with E-state index >= 15 is 0 Å². The molecular weight excluding hydrogens is 321 g/mol. The molecular formula is C20H22FNO3. The molecule has 2 aromatic rings. The molecule has 2 aromatic carbocycles. The van der Waals surface area contributed by atoms with Crippen LogP contribution in [0.5, 0.6) is 0 Å². The second-order valence-corrected chi connectivity index (χ2v) is 5.61. The Morgan fingerprint density at radius 2 is 1.56 bits per heavy atom. The third-order valence-electron chi connectivity index (χ3n) is 3.84. The molecule has 0 amide bonds. The average molecular weight is 343 g/mol. The molecule has 0 heterocycles. The summed E-state index contributed by atoms with van der Waals surface area (Å²) in [7, 11) is 0. The molecule has 0 unspecified atom stereocenters. The molecule has 1 atom stereocenters. The van der Waals surface area contributed by atoms with Crippen LogP contribution in [-0.4, -0.2) is 53.1 Å². The van der Waals surface area contributed by atoms with Gasteiger partial charge >= 0.3 is 0 Å². The summed E-state index contributed by atoms with van der Waals surface area (Å²) in [6.45, 7) is 0.923. The van der Waals surface area contributed by atoms with Crippen molar-refractivity contribution in [1.29, 1.82) is 0 Å². The van der Waals surface area contributed by atoms with Crippen LogP contribution in [0.3, 0.4) is 0 Å². The maximum atomic E-state index is 13.6. The van der Waals surface area contributed by atoms with E-state index in [2.05, 4.69) is 11.8 Å². The molecule has 0 aliphatic carbocycles. The normalized spacial score (nSPS) is 13.2. The minimum absolute atomic E-state index is 0.0471. The van der Waals surface area contributed by atoms with Gasteiger partial charge in [0.25, 0.3) is 0 Å². The fourth-order valence-corrected chi connectivity index (χ4v) is 2.54. The molecule has 0 saturated heterocycles. The van der Waals surface area contributed by atoms with Gasteiger partial charge in [-0.15, -0.1) is 0 Å². The van der Waals surface area contributed by atoms with Gasteiger partial charge in [0.15, 0.2) is 5.60 Å². The van der Waals surface area contributed by atoms with Gasteiger partial charge in [0.2, 0.25) is 0 Å². The molecule has 0 aliphatic heterocycles. The van der Waals surface area contributed by atoms with Crippen LogP contribution in [0, 0.1) is 17.7 Å². The fourth-order valence-electron chi connectivity index (χ4n) is 2.54. The molecule has 2 rings (SSSR count). The van der Waals surface area contributed by atoms with E-state index in [4.69, 9.17) is 10.2 Å². The molecule has 0 bridgehead atoms. The maximum Gasteiger partial charge on any atom is 0.177 e. The van der Waals surface area contributed by atoms with Crippen LogP contribution in [0.25, 0.3) is 0 Å². The molecule has 0 aromatic heterocycles. The molecule has 0 spiro atoms. The van der Waals surface area contributed by atoms with Gasteiger partial charge in [-0.25, -0.2) is 4.39 Å². The zero-order chi connectivity index (χ0) is 18.1. The fraction of sp³-hybridized carbons (Fsp3) is 0.300. The van der Waals surface area contributed by atoms with Gasteiger partial charge in [0, 0.05) is 24.2 Å². The van der Waals surface area contributed by atoms with Gasteiger partial charge in [-0.3, -0.25) is 4.90 Å². The third-order valence-corrected chi connectivity index (χ3v) is 3.84. The van der Waals surface area contributed by atoms with Gasteiger partial charge in [-0.1, -0.05) is 54.3 Å². The highest BCUT2D eigenvalue weighted by Crippen LogP contribution is 2.29. The SMILES string of the molecule is OCCN(CC#C[C@@](O)(c1ccccc1)c1cccc(F)c1)CCO. The van der Waals surface area contributed by atoms with E-state index in [1.807, 2.05) is 6.07 Å². The smallest absolute Gasteiger partial charge is 0.177 e. The predicted octanol–water partition coefficient (Wildman–Crippen LogP) is 1.35. The highest BCUT2D eigenvalue weighted by molar-refractivity contribution is 5.44. The molecule has 4 nitrogen and oxygen atoms in total. The molecule has 132 valence electrons. The number of hydrogen-bond acceptors (Lipinski definition) is 4. The van der Waals surface area contributed by atoms with Crippen molar-refractivity contribution in [3.8, 4) is 11.8 Å². The zero-order valence-corrected chi connectivity index (χ0v) is 13.9. The summed E-state index contributed by atoms with van der Waals surface area (Å²) in [6.07, 6.45) is 0. The number of nitrogens with zero attached hydrogens (tertiary/aromatic N) is 1. The Morgan fingerprint density at radius 1 is 0.920 bits per heavy atom. The van der Waals surface area contributed by atoms with Crippen molar-refractivity contribution in [2.24, 2.45) is 0 Å². The van der Waals surface area contributed by atoms with E-state index in [0.717, 1.165) is 0 Å². The molecule has 0 aliphatic rings. The van der Waals surface area contributed by atoms with Crippen molar-refractivity contribution in [3.05, 3.63) is 71.5 Å². The van der Waals surface area contributed by atoms with Gasteiger partial charge in [-0.05, 0) is 12.1 Å². The lowest BCUT2D eigenvalue weighted by Crippen LogP contribution is -2.31. The lowest BCUT2D eigenvalue weighted by atomic mass is 9.87. The van der Waals surface area contributed by atoms with Gasteiger partial charge < -0.3 is 15.3 Å². The summed E-state index contributed by atoms with van der Waals surface area (Å²) in [5.41, 5.74) is -0.751. The van der Waals surface area contributed by atoms with E-state index in [1.165, 1.54) is 18.2 Å². The lowest BCUT2D eigenvalue weighted by molar-refractivity contribution is 0.144. The van der Waals surface area contributed by atoms with Crippen molar-refractivity contribution in [2.45, 2.75) is 5.60 Å². The molecule has 5 heteroatoms. The first-order chi connectivity index (χ1) is 12.1. The van der Waals surface area contributed by atoms with Crippen LogP contribution >= 0.6 is 0 Å². The zero-order valence-electron chi connectivity index (χ0n) is 13.9. The molecule has 25 heavy (non-hydrogen) atoms. The Labute approximate surface area is 147 Å². The summed E-state index contributed by atoms with van der Waals surface area (Å²) in [5.74, 6) is 5.28. The van der Waals surface area contributed by atoms with Crippen molar-refractivity contribution < 1.29 is 19.7 Å². The standard InChI is InChI=1S/C20H22FNO3/c21-19-9-4-8-18(16-19)20(25,17-6-2-1-3-7-17)10-5-11-22(12-14-23)13-15-24/h1-4,6-9,16,23-25H,11-15H2/t20-/m1/s1. The molecule has 0 saturated carbocycles. The number of aliphatic hydroxyl groups is 3. The van der Waals surface area contributed by atoms with Crippen molar-refractivity contribution >= 4 is 0 Å². The quantitative estimate of drug-likeness (QED) is 0.664. The van der Waals surface area contributed by atoms with Crippen LogP contribution in [0.2, 0.25) is 0 Å². The highest BCUT2D eigenvalue weighted by atomic mass is 19.1. The largest absolute Gasteiger partial charge is 0.395 e. The summed E-state index contributed by atoms with van der Waals surface area (Å²) in [6, 6.07) is 14.6. The monoisotopic (exact) mass is 343 g/mol. The van der Waals surface area contributed by atoms with Gasteiger partial charge in [0.1, 0.15) is 5.82 Å². The van der Waals surface area contributed by atoms with Crippen LogP contribution < -0.4 is 0 Å². The van der Waals surface area contributed by atoms with Crippen LogP contribution in [0.4, 0.5) is 4.39 Å². The second-order valence-electron chi connectivity index (χ2n) is 5.61. The predicted molar refractivity (Wildman–Crippen MR) is 94.2 cm³/mol. The Balaban J connectivity index is 2.35. The topological polar surface area (TPSA) is 63.9 Å². The number of hydrogen-bond donors (Lipinski definition) is 3. The summed E-state index contributed by atoms with van der Waals surface area (Å²) in [4.78, 5) is 1.77. The first-order valence-electron chi connectivity index (χ1n) is 8.08. The minimum Gasteiger partial charge on any atom is -0.395 e. The molecule has 0 radical (unpaired) electrons. The van der Waals surface area contributed by atoms with E-state index in [0.29, 0.717) is 24.2 Å². The van der Waals surface area contributed by atoms with E-state index in [9.17, 15) is 9.50 Å². The summed E-state index contributed by atoms with van der Waals surface area (Å²) >= 11 is 0. The number of aliphatic hydroxyl groups excluding tert-OH is 2. The Hall–Kier alpha value is -2.23. The van der Waals surface area contributed by atoms with Gasteiger partial charge in [0.05, 0.1) is 19.8 Å². The lowest BCUT2D eigenvalue weighted by Gasteiger charge is -2.24. The van der Waals surface area contributed by atoms with Crippen LogP contribution in [0.1, 0.15) is 11.1 Å². The van der Waals surface area contributed by atoms with Crippen molar-refractivity contribution in [2.75, 3.05) is 32.8 Å². The molecule has 0 fully saturated rings. The summed E-state index contributed by atoms with van der Waals surface area (Å²) < 4.78 is 13.6. The number of halogens is 1. The Morgan fingerprint density at radius 3 is 2.16 bits per heavy atom. The van der Waals surface area contributed by atoms with Crippen molar-refractivity contribution in [1.82, 2.24) is 4.90 Å². The highest BCUT2D eigenvalue weighted by Gasteiger charge is 2.29. The van der Waals surface area contributed by atoms with E-state index < -0.39 is 11.4 Å². The Bertz CT molecular complexity index is 720. The average Bonchev–Trinajstić information content (AvgIpc) is 2.62. The second kappa shape index (κ2) is 9.30. The van der Waals surface area contributed by atoms with Gasteiger partial charge in [-0.2, -0.15) is 0 Å². The van der Waals surface area contributed by atoms with E-state index in [1.54, 1.807) is 35.2 Å². The maximum absolute atomic E-state index is 13.6. The van der Waals surface area contributed by atoms with Crippen LogP contribution in [-0.2, 0) is 5.60 Å². The third kappa shape index (κ3) is 5.12. The Kier molecular flexibility index (Phi) is 7.11. The molecule has 3 N–H and O–H groups in total. The first kappa shape index (κ1) is 19.1.